The second-order valence-electron chi connectivity index (χ2n) is 2.74. The minimum Gasteiger partial charge on any atom is -0.393 e. The van der Waals surface area contributed by atoms with E-state index in [1.807, 2.05) is 0 Å². The molecule has 0 aliphatic heterocycles. The Balaban J connectivity index is 0.000000217. The average Bonchev–Trinajstić information content (AvgIpc) is 1.85. The number of aliphatic hydroxyl groups is 1. The quantitative estimate of drug-likeness (QED) is 0.497. The second kappa shape index (κ2) is 5.47. The van der Waals surface area contributed by atoms with E-state index < -0.39 is 10.4 Å². The van der Waals surface area contributed by atoms with Crippen LogP contribution in [0, 0.1) is 0 Å². The highest BCUT2D eigenvalue weighted by molar-refractivity contribution is 7.79. The van der Waals surface area contributed by atoms with Crippen LogP contribution in [0.1, 0.15) is 32.1 Å². The molecular weight excluding hydrogens is 184 g/mol. The molecule has 0 unspecified atom stereocenters. The zero-order chi connectivity index (χ0) is 9.61. The lowest BCUT2D eigenvalue weighted by Gasteiger charge is -2.14. The number of hydrogen-bond donors (Lipinski definition) is 3. The van der Waals surface area contributed by atoms with Gasteiger partial charge in [-0.15, -0.1) is 0 Å². The molecule has 0 amide bonds. The van der Waals surface area contributed by atoms with Crippen molar-refractivity contribution < 1.29 is 22.6 Å². The highest BCUT2D eigenvalue weighted by Gasteiger charge is 2.07. The predicted molar refractivity (Wildman–Crippen MR) is 43.3 cm³/mol. The summed E-state index contributed by atoms with van der Waals surface area (Å²) in [6.07, 6.45) is 5.92. The zero-order valence-corrected chi connectivity index (χ0v) is 7.50. The van der Waals surface area contributed by atoms with Crippen LogP contribution in [0.5, 0.6) is 0 Å². The summed E-state index contributed by atoms with van der Waals surface area (Å²) >= 11 is 0. The molecule has 0 spiro atoms. The predicted octanol–water partition coefficient (Wildman–Crippen LogP) is 0.659. The van der Waals surface area contributed by atoms with Crippen LogP contribution in [0.2, 0.25) is 0 Å². The van der Waals surface area contributed by atoms with Gasteiger partial charge in [-0.3, -0.25) is 9.11 Å². The van der Waals surface area contributed by atoms with Crippen molar-refractivity contribution in [1.82, 2.24) is 0 Å². The van der Waals surface area contributed by atoms with Crippen molar-refractivity contribution in [3.8, 4) is 0 Å². The Morgan fingerprint density at radius 3 is 1.50 bits per heavy atom. The molecule has 1 aliphatic carbocycles. The Bertz CT molecular complexity index is 184. The highest BCUT2D eigenvalue weighted by atomic mass is 32.3. The van der Waals surface area contributed by atoms with Gasteiger partial charge in [0, 0.05) is 0 Å². The van der Waals surface area contributed by atoms with Gasteiger partial charge in [0.25, 0.3) is 0 Å². The Kier molecular flexibility index (Phi) is 5.39. The van der Waals surface area contributed by atoms with Gasteiger partial charge in [0.2, 0.25) is 0 Å². The fraction of sp³-hybridized carbons (Fsp3) is 1.00. The minimum absolute atomic E-state index is 0.0359. The van der Waals surface area contributed by atoms with Crippen LogP contribution in [0.3, 0.4) is 0 Å². The molecule has 6 heteroatoms. The summed E-state index contributed by atoms with van der Waals surface area (Å²) in [6.45, 7) is 0. The van der Waals surface area contributed by atoms with Gasteiger partial charge in [-0.2, -0.15) is 8.42 Å². The van der Waals surface area contributed by atoms with Crippen LogP contribution in [-0.4, -0.2) is 28.7 Å². The summed E-state index contributed by atoms with van der Waals surface area (Å²) in [7, 11) is -4.67. The molecular formula is C6H14O5S. The fourth-order valence-corrected chi connectivity index (χ4v) is 1.08. The summed E-state index contributed by atoms with van der Waals surface area (Å²) in [5.41, 5.74) is 0. The van der Waals surface area contributed by atoms with E-state index >= 15 is 0 Å². The summed E-state index contributed by atoms with van der Waals surface area (Å²) in [5, 5.41) is 8.91. The highest BCUT2D eigenvalue weighted by Crippen LogP contribution is 2.16. The van der Waals surface area contributed by atoms with Crippen molar-refractivity contribution in [2.24, 2.45) is 0 Å². The summed E-state index contributed by atoms with van der Waals surface area (Å²) in [4.78, 5) is 0. The first-order valence-electron chi connectivity index (χ1n) is 3.77. The monoisotopic (exact) mass is 198 g/mol. The van der Waals surface area contributed by atoms with Crippen molar-refractivity contribution in [3.63, 3.8) is 0 Å². The largest absolute Gasteiger partial charge is 0.394 e. The third-order valence-corrected chi connectivity index (χ3v) is 1.57. The fourth-order valence-electron chi connectivity index (χ4n) is 1.08. The third-order valence-electron chi connectivity index (χ3n) is 1.57. The Labute approximate surface area is 72.0 Å². The first-order valence-corrected chi connectivity index (χ1v) is 5.17. The molecule has 0 aromatic rings. The van der Waals surface area contributed by atoms with Gasteiger partial charge in [0.05, 0.1) is 6.10 Å². The maximum atomic E-state index is 8.91. The van der Waals surface area contributed by atoms with Gasteiger partial charge in [-0.25, -0.2) is 0 Å². The maximum Gasteiger partial charge on any atom is 0.394 e. The van der Waals surface area contributed by atoms with Crippen LogP contribution in [0.4, 0.5) is 0 Å². The van der Waals surface area contributed by atoms with Gasteiger partial charge >= 0.3 is 10.4 Å². The molecule has 0 aromatic carbocycles. The van der Waals surface area contributed by atoms with Crippen LogP contribution < -0.4 is 0 Å². The Morgan fingerprint density at radius 2 is 1.33 bits per heavy atom. The van der Waals surface area contributed by atoms with Gasteiger partial charge < -0.3 is 5.11 Å². The average molecular weight is 198 g/mol. The van der Waals surface area contributed by atoms with Crippen LogP contribution in [0.25, 0.3) is 0 Å². The molecule has 0 radical (unpaired) electrons. The molecule has 1 rings (SSSR count). The van der Waals surface area contributed by atoms with E-state index in [4.69, 9.17) is 22.6 Å². The molecule has 0 heterocycles. The molecule has 0 atom stereocenters. The molecule has 1 saturated carbocycles. The number of rotatable bonds is 0. The number of aliphatic hydroxyl groups excluding tert-OH is 1. The summed E-state index contributed by atoms with van der Waals surface area (Å²) < 4.78 is 31.6. The first kappa shape index (κ1) is 11.8. The van der Waals surface area contributed by atoms with Crippen molar-refractivity contribution in [3.05, 3.63) is 0 Å². The summed E-state index contributed by atoms with van der Waals surface area (Å²) in [6, 6.07) is 0. The molecule has 12 heavy (non-hydrogen) atoms. The molecule has 5 nitrogen and oxygen atoms in total. The second-order valence-corrected chi connectivity index (χ2v) is 3.64. The van der Waals surface area contributed by atoms with Gasteiger partial charge in [0.1, 0.15) is 0 Å². The van der Waals surface area contributed by atoms with E-state index in [-0.39, 0.29) is 6.10 Å². The molecule has 3 N–H and O–H groups in total. The molecule has 1 fully saturated rings. The van der Waals surface area contributed by atoms with Crippen LogP contribution in [-0.2, 0) is 10.4 Å². The molecule has 1 aliphatic rings. The van der Waals surface area contributed by atoms with Crippen LogP contribution >= 0.6 is 0 Å². The smallest absolute Gasteiger partial charge is 0.393 e. The van der Waals surface area contributed by atoms with E-state index in [2.05, 4.69) is 0 Å². The first-order chi connectivity index (χ1) is 5.39. The van der Waals surface area contributed by atoms with E-state index in [1.165, 1.54) is 19.3 Å². The van der Waals surface area contributed by atoms with Crippen molar-refractivity contribution in [2.75, 3.05) is 0 Å². The zero-order valence-electron chi connectivity index (χ0n) is 6.68. The normalized spacial score (nSPS) is 19.6. The lowest BCUT2D eigenvalue weighted by molar-refractivity contribution is 0.130. The van der Waals surface area contributed by atoms with Gasteiger partial charge in [-0.05, 0) is 12.8 Å². The van der Waals surface area contributed by atoms with Crippen molar-refractivity contribution >= 4 is 10.4 Å². The van der Waals surface area contributed by atoms with E-state index in [1.54, 1.807) is 0 Å². The molecule has 74 valence electrons. The van der Waals surface area contributed by atoms with E-state index in [9.17, 15) is 0 Å². The van der Waals surface area contributed by atoms with Crippen molar-refractivity contribution in [2.45, 2.75) is 38.2 Å². The standard InChI is InChI=1S/C6H12O.H2O4S/c7-6-4-2-1-3-5-6;1-5(2,3)4/h6-7H,1-5H2;(H2,1,2,3,4). The lowest BCUT2D eigenvalue weighted by Crippen LogP contribution is -2.09. The Morgan fingerprint density at radius 1 is 1.00 bits per heavy atom. The minimum atomic E-state index is -4.67. The van der Waals surface area contributed by atoms with Gasteiger partial charge in [-0.1, -0.05) is 19.3 Å². The maximum absolute atomic E-state index is 8.91. The van der Waals surface area contributed by atoms with E-state index in [0.29, 0.717) is 0 Å². The molecule has 0 bridgehead atoms. The Hall–Kier alpha value is -0.170. The SMILES string of the molecule is O=S(=O)(O)O.OC1CCCCC1. The van der Waals surface area contributed by atoms with E-state index in [0.717, 1.165) is 12.8 Å². The molecule has 0 saturated heterocycles. The van der Waals surface area contributed by atoms with Gasteiger partial charge in [0.15, 0.2) is 0 Å². The van der Waals surface area contributed by atoms with Crippen LogP contribution in [0.15, 0.2) is 0 Å². The number of hydrogen-bond acceptors (Lipinski definition) is 3. The molecule has 0 aromatic heterocycles. The topological polar surface area (TPSA) is 94.8 Å². The third kappa shape index (κ3) is 12.5. The van der Waals surface area contributed by atoms with Crippen molar-refractivity contribution in [1.29, 1.82) is 0 Å². The summed E-state index contributed by atoms with van der Waals surface area (Å²) in [5.74, 6) is 0. The lowest BCUT2D eigenvalue weighted by atomic mass is 9.98.